The summed E-state index contributed by atoms with van der Waals surface area (Å²) in [5.74, 6) is -0.511. The first-order chi connectivity index (χ1) is 14.5. The van der Waals surface area contributed by atoms with Gasteiger partial charge in [0.2, 0.25) is 0 Å². The van der Waals surface area contributed by atoms with Crippen LogP contribution in [0.3, 0.4) is 0 Å². The summed E-state index contributed by atoms with van der Waals surface area (Å²) in [6, 6.07) is 0. The van der Waals surface area contributed by atoms with Crippen LogP contribution in [0.5, 0.6) is 0 Å². The van der Waals surface area contributed by atoms with Gasteiger partial charge in [0.25, 0.3) is 0 Å². The van der Waals surface area contributed by atoms with Crippen molar-refractivity contribution < 1.29 is 34.8 Å². The van der Waals surface area contributed by atoms with Gasteiger partial charge in [-0.2, -0.15) is 0 Å². The van der Waals surface area contributed by atoms with Crippen molar-refractivity contribution in [3.63, 3.8) is 0 Å². The van der Waals surface area contributed by atoms with E-state index < -0.39 is 12.1 Å². The molecule has 0 fully saturated rings. The van der Waals surface area contributed by atoms with E-state index in [9.17, 15) is 9.59 Å². The molecule has 0 atom stereocenters. The number of amides is 1. The molecule has 0 heterocycles. The van der Waals surface area contributed by atoms with Crippen molar-refractivity contribution in [3.05, 3.63) is 0 Å². The first-order valence-corrected chi connectivity index (χ1v) is 11.2. The average Bonchev–Trinajstić information content (AvgIpc) is 2.71. The van der Waals surface area contributed by atoms with Gasteiger partial charge in [-0.25, -0.2) is 4.79 Å². The number of carboxylic acid groups (broad SMARTS) is 1. The largest absolute Gasteiger partial charge is 0.465 e. The Kier molecular flexibility index (Phi) is 26.3. The molecule has 180 valence electrons. The fraction of sp³-hybridized carbons (Fsp3) is 0.905. The van der Waals surface area contributed by atoms with E-state index in [-0.39, 0.29) is 26.4 Å². The number of unbranched alkanes of at least 4 members (excludes halogenated alkanes) is 9. The van der Waals surface area contributed by atoms with Crippen molar-refractivity contribution >= 4 is 12.1 Å². The van der Waals surface area contributed by atoms with Gasteiger partial charge in [-0.15, -0.1) is 0 Å². The number of hydrogen-bond acceptors (Lipinski definition) is 7. The standard InChI is InChI=1S/C15H29NO4.C6H15NO3/c1-2-3-4-5-6-7-8-9-10-11-12-20-14(17)13-16-15(18)19;8-4-1-7(2-5-9)3-6-10/h16H,2-13H2,1H3,(H,18,19);8-10H,1-6H2. The van der Waals surface area contributed by atoms with Crippen LogP contribution in [0.25, 0.3) is 0 Å². The van der Waals surface area contributed by atoms with Crippen LogP contribution in [0.4, 0.5) is 4.79 Å². The summed E-state index contributed by atoms with van der Waals surface area (Å²) in [7, 11) is 0. The first kappa shape index (κ1) is 30.8. The lowest BCUT2D eigenvalue weighted by Gasteiger charge is -2.17. The summed E-state index contributed by atoms with van der Waals surface area (Å²) in [6.45, 7) is 4.09. The maximum atomic E-state index is 11.1. The average molecular weight is 437 g/mol. The third-order valence-electron chi connectivity index (χ3n) is 4.39. The quantitative estimate of drug-likeness (QED) is 0.153. The summed E-state index contributed by atoms with van der Waals surface area (Å²) in [4.78, 5) is 23.0. The number of aliphatic hydroxyl groups excluding tert-OH is 3. The van der Waals surface area contributed by atoms with Crippen LogP contribution in [0, 0.1) is 0 Å². The molecule has 0 rings (SSSR count). The topological polar surface area (TPSA) is 140 Å². The molecule has 0 aromatic rings. The van der Waals surface area contributed by atoms with E-state index in [2.05, 4.69) is 6.92 Å². The van der Waals surface area contributed by atoms with Gasteiger partial charge in [0.15, 0.2) is 0 Å². The number of aliphatic hydroxyl groups is 3. The molecular weight excluding hydrogens is 392 g/mol. The maximum Gasteiger partial charge on any atom is 0.405 e. The van der Waals surface area contributed by atoms with E-state index in [4.69, 9.17) is 25.2 Å². The molecule has 0 aliphatic heterocycles. The van der Waals surface area contributed by atoms with Crippen molar-refractivity contribution in [1.82, 2.24) is 10.2 Å². The van der Waals surface area contributed by atoms with E-state index in [1.807, 2.05) is 5.32 Å². The van der Waals surface area contributed by atoms with E-state index in [1.165, 1.54) is 51.4 Å². The zero-order chi connectivity index (χ0) is 22.9. The molecule has 0 unspecified atom stereocenters. The van der Waals surface area contributed by atoms with Gasteiger partial charge in [0.1, 0.15) is 6.54 Å². The Labute approximate surface area is 181 Å². The lowest BCUT2D eigenvalue weighted by molar-refractivity contribution is -0.142. The highest BCUT2D eigenvalue weighted by molar-refractivity contribution is 5.76. The molecule has 0 saturated heterocycles. The minimum absolute atomic E-state index is 0.0694. The smallest absolute Gasteiger partial charge is 0.405 e. The normalized spacial score (nSPS) is 10.4. The highest BCUT2D eigenvalue weighted by atomic mass is 16.5. The number of nitrogens with one attached hydrogen (secondary N) is 1. The molecule has 0 saturated carbocycles. The van der Waals surface area contributed by atoms with E-state index >= 15 is 0 Å². The third-order valence-corrected chi connectivity index (χ3v) is 4.39. The van der Waals surface area contributed by atoms with Gasteiger partial charge in [-0.3, -0.25) is 9.69 Å². The number of carbonyl (C=O) groups excluding carboxylic acids is 1. The molecular formula is C21H44N2O7. The lowest BCUT2D eigenvalue weighted by atomic mass is 10.1. The predicted octanol–water partition coefficient (Wildman–Crippen LogP) is 1.98. The number of hydrogen-bond donors (Lipinski definition) is 5. The van der Waals surface area contributed by atoms with E-state index in [0.29, 0.717) is 26.2 Å². The second kappa shape index (κ2) is 25.6. The third kappa shape index (κ3) is 26.6. The zero-order valence-electron chi connectivity index (χ0n) is 18.7. The molecule has 0 spiro atoms. The molecule has 0 radical (unpaired) electrons. The van der Waals surface area contributed by atoms with Crippen LogP contribution in [0.1, 0.15) is 71.1 Å². The van der Waals surface area contributed by atoms with Crippen LogP contribution >= 0.6 is 0 Å². The van der Waals surface area contributed by atoms with Crippen molar-refractivity contribution in [2.75, 3.05) is 52.6 Å². The van der Waals surface area contributed by atoms with Crippen molar-refractivity contribution in [3.8, 4) is 0 Å². The van der Waals surface area contributed by atoms with Crippen molar-refractivity contribution in [1.29, 1.82) is 0 Å². The van der Waals surface area contributed by atoms with Gasteiger partial charge in [-0.05, 0) is 6.42 Å². The number of carbonyl (C=O) groups is 2. The van der Waals surface area contributed by atoms with Gasteiger partial charge in [-0.1, -0.05) is 64.7 Å². The highest BCUT2D eigenvalue weighted by Crippen LogP contribution is 2.10. The monoisotopic (exact) mass is 436 g/mol. The second-order valence-electron chi connectivity index (χ2n) is 7.07. The molecule has 9 nitrogen and oxygen atoms in total. The summed E-state index contributed by atoms with van der Waals surface area (Å²) >= 11 is 0. The van der Waals surface area contributed by atoms with Gasteiger partial charge in [0.05, 0.1) is 26.4 Å². The van der Waals surface area contributed by atoms with Crippen molar-refractivity contribution in [2.45, 2.75) is 71.1 Å². The Morgan fingerprint density at radius 3 is 1.60 bits per heavy atom. The van der Waals surface area contributed by atoms with Gasteiger partial charge < -0.3 is 30.5 Å². The fourth-order valence-electron chi connectivity index (χ4n) is 2.73. The van der Waals surface area contributed by atoms with Crippen LogP contribution in [-0.4, -0.2) is 90.0 Å². The molecule has 0 bridgehead atoms. The van der Waals surface area contributed by atoms with Crippen LogP contribution in [-0.2, 0) is 9.53 Å². The molecule has 0 aliphatic carbocycles. The molecule has 5 N–H and O–H groups in total. The molecule has 0 aliphatic rings. The molecule has 0 aromatic heterocycles. The van der Waals surface area contributed by atoms with Crippen LogP contribution in [0.15, 0.2) is 0 Å². The minimum atomic E-state index is -1.21. The number of rotatable bonds is 19. The van der Waals surface area contributed by atoms with Gasteiger partial charge in [0, 0.05) is 19.6 Å². The van der Waals surface area contributed by atoms with Crippen LogP contribution in [0.2, 0.25) is 0 Å². The Morgan fingerprint density at radius 2 is 1.20 bits per heavy atom. The number of esters is 1. The number of nitrogens with zero attached hydrogens (tertiary/aromatic N) is 1. The lowest BCUT2D eigenvalue weighted by Crippen LogP contribution is -2.32. The zero-order valence-corrected chi connectivity index (χ0v) is 18.7. The SMILES string of the molecule is CCCCCCCCCCCCOC(=O)CNC(=O)O.OCCN(CCO)CCO. The molecule has 1 amide bonds. The second-order valence-corrected chi connectivity index (χ2v) is 7.07. The number of ether oxygens (including phenoxy) is 1. The van der Waals surface area contributed by atoms with Gasteiger partial charge >= 0.3 is 12.1 Å². The molecule has 0 aromatic carbocycles. The van der Waals surface area contributed by atoms with Crippen molar-refractivity contribution in [2.24, 2.45) is 0 Å². The maximum absolute atomic E-state index is 11.1. The van der Waals surface area contributed by atoms with E-state index in [0.717, 1.165) is 12.8 Å². The fourth-order valence-corrected chi connectivity index (χ4v) is 2.73. The Balaban J connectivity index is 0. The highest BCUT2D eigenvalue weighted by Gasteiger charge is 2.04. The van der Waals surface area contributed by atoms with E-state index in [1.54, 1.807) is 4.90 Å². The van der Waals surface area contributed by atoms with Crippen LogP contribution < -0.4 is 5.32 Å². The summed E-state index contributed by atoms with van der Waals surface area (Å²) in [5, 5.41) is 35.7. The minimum Gasteiger partial charge on any atom is -0.465 e. The summed E-state index contributed by atoms with van der Waals surface area (Å²) in [5.41, 5.74) is 0. The molecule has 30 heavy (non-hydrogen) atoms. The predicted molar refractivity (Wildman–Crippen MR) is 117 cm³/mol. The Morgan fingerprint density at radius 1 is 0.767 bits per heavy atom. The molecule has 9 heteroatoms. The Hall–Kier alpha value is -1.42. The summed E-state index contributed by atoms with van der Waals surface area (Å²) < 4.78 is 4.90. The Bertz CT molecular complexity index is 370. The first-order valence-electron chi connectivity index (χ1n) is 11.2. The summed E-state index contributed by atoms with van der Waals surface area (Å²) in [6.07, 6.45) is 11.1.